The largest absolute Gasteiger partial charge is 0.497 e. The lowest BCUT2D eigenvalue weighted by molar-refractivity contribution is -0.139. The molecule has 0 saturated carbocycles. The van der Waals surface area contributed by atoms with Crippen molar-refractivity contribution in [2.75, 3.05) is 7.11 Å². The number of unbranched alkanes of at least 4 members (excludes halogenated alkanes) is 3. The van der Waals surface area contributed by atoms with Gasteiger partial charge in [0, 0.05) is 6.08 Å². The molecule has 2 rings (SSSR count). The number of hydrogen-bond acceptors (Lipinski definition) is 3. The van der Waals surface area contributed by atoms with Gasteiger partial charge in [-0.2, -0.15) is 0 Å². The quantitative estimate of drug-likeness (QED) is 0.552. The fourth-order valence-corrected chi connectivity index (χ4v) is 2.47. The van der Waals surface area contributed by atoms with Crippen LogP contribution in [-0.2, 0) is 9.53 Å². The Morgan fingerprint density at radius 2 is 1.90 bits per heavy atom. The third-order valence-electron chi connectivity index (χ3n) is 3.61. The average Bonchev–Trinajstić information content (AvgIpc) is 2.85. The fraction of sp³-hybridized carbons (Fsp3) is 0.471. The lowest BCUT2D eigenvalue weighted by Crippen LogP contribution is -2.03. The molecule has 0 saturated heterocycles. The molecule has 1 aromatic carbocycles. The molecule has 0 spiro atoms. The summed E-state index contributed by atoms with van der Waals surface area (Å²) in [6.45, 7) is 2.20. The molecule has 0 aromatic heterocycles. The lowest BCUT2D eigenvalue weighted by Gasteiger charge is -2.15. The first-order valence-electron chi connectivity index (χ1n) is 7.29. The Morgan fingerprint density at radius 1 is 1.15 bits per heavy atom. The normalized spacial score (nSPS) is 17.8. The minimum absolute atomic E-state index is 0.213. The van der Waals surface area contributed by atoms with E-state index >= 15 is 0 Å². The average molecular weight is 274 g/mol. The summed E-state index contributed by atoms with van der Waals surface area (Å²) in [7, 11) is 1.64. The van der Waals surface area contributed by atoms with Gasteiger partial charge in [-0.05, 0) is 36.1 Å². The summed E-state index contributed by atoms with van der Waals surface area (Å²) in [6.07, 6.45) is 7.16. The molecule has 1 unspecified atom stereocenters. The third-order valence-corrected chi connectivity index (χ3v) is 3.61. The van der Waals surface area contributed by atoms with Crippen molar-refractivity contribution < 1.29 is 14.3 Å². The molecular weight excluding hydrogens is 252 g/mol. The summed E-state index contributed by atoms with van der Waals surface area (Å²) >= 11 is 0. The summed E-state index contributed by atoms with van der Waals surface area (Å²) in [6, 6.07) is 7.72. The molecule has 1 heterocycles. The van der Waals surface area contributed by atoms with E-state index < -0.39 is 0 Å². The molecule has 108 valence electrons. The maximum absolute atomic E-state index is 11.5. The van der Waals surface area contributed by atoms with Gasteiger partial charge in [0.1, 0.15) is 11.9 Å². The molecule has 0 aliphatic carbocycles. The number of benzene rings is 1. The van der Waals surface area contributed by atoms with Crippen molar-refractivity contribution in [2.24, 2.45) is 0 Å². The van der Waals surface area contributed by atoms with Gasteiger partial charge in [-0.3, -0.25) is 0 Å². The molecule has 0 amide bonds. The standard InChI is InChI=1S/C17H22O3/c1-3-4-5-6-7-14-12-16(18)20-17(14)13-8-10-15(19-2)11-9-13/h8-12,17H,3-7H2,1-2H3. The second-order valence-electron chi connectivity index (χ2n) is 5.12. The number of cyclic esters (lactones) is 1. The van der Waals surface area contributed by atoms with Crippen molar-refractivity contribution in [2.45, 2.75) is 45.1 Å². The first kappa shape index (κ1) is 14.6. The van der Waals surface area contributed by atoms with Gasteiger partial charge in [-0.1, -0.05) is 38.3 Å². The van der Waals surface area contributed by atoms with Crippen LogP contribution >= 0.6 is 0 Å². The Labute approximate surface area is 120 Å². The monoisotopic (exact) mass is 274 g/mol. The first-order valence-corrected chi connectivity index (χ1v) is 7.29. The van der Waals surface area contributed by atoms with Crippen molar-refractivity contribution in [1.82, 2.24) is 0 Å². The number of rotatable bonds is 7. The van der Waals surface area contributed by atoms with E-state index in [4.69, 9.17) is 9.47 Å². The Bertz CT molecular complexity index is 474. The Kier molecular flexibility index (Phi) is 5.22. The van der Waals surface area contributed by atoms with Crippen LogP contribution in [0.2, 0.25) is 0 Å². The van der Waals surface area contributed by atoms with Gasteiger partial charge >= 0.3 is 5.97 Å². The summed E-state index contributed by atoms with van der Waals surface area (Å²) in [4.78, 5) is 11.5. The second kappa shape index (κ2) is 7.13. The molecule has 3 heteroatoms. The highest BCUT2D eigenvalue weighted by molar-refractivity contribution is 5.86. The zero-order valence-electron chi connectivity index (χ0n) is 12.2. The zero-order chi connectivity index (χ0) is 14.4. The zero-order valence-corrected chi connectivity index (χ0v) is 12.2. The van der Waals surface area contributed by atoms with E-state index in [1.165, 1.54) is 19.3 Å². The van der Waals surface area contributed by atoms with Crippen molar-refractivity contribution in [3.8, 4) is 5.75 Å². The Morgan fingerprint density at radius 3 is 2.55 bits per heavy atom. The topological polar surface area (TPSA) is 35.5 Å². The van der Waals surface area contributed by atoms with Crippen molar-refractivity contribution in [3.63, 3.8) is 0 Å². The molecule has 1 aliphatic rings. The van der Waals surface area contributed by atoms with Crippen LogP contribution in [0.3, 0.4) is 0 Å². The number of carbonyl (C=O) groups excluding carboxylic acids is 1. The molecule has 1 atom stereocenters. The number of methoxy groups -OCH3 is 1. The van der Waals surface area contributed by atoms with Crippen LogP contribution in [0.25, 0.3) is 0 Å². The van der Waals surface area contributed by atoms with Crippen LogP contribution in [0.1, 0.15) is 50.7 Å². The summed E-state index contributed by atoms with van der Waals surface area (Å²) < 4.78 is 10.6. The molecular formula is C17H22O3. The van der Waals surface area contributed by atoms with Gasteiger partial charge in [-0.15, -0.1) is 0 Å². The van der Waals surface area contributed by atoms with Crippen molar-refractivity contribution >= 4 is 5.97 Å². The molecule has 0 N–H and O–H groups in total. The van der Waals surface area contributed by atoms with E-state index in [2.05, 4.69) is 6.92 Å². The van der Waals surface area contributed by atoms with E-state index in [0.29, 0.717) is 0 Å². The summed E-state index contributed by atoms with van der Waals surface area (Å²) in [5, 5.41) is 0. The van der Waals surface area contributed by atoms with Crippen LogP contribution in [0.5, 0.6) is 5.75 Å². The van der Waals surface area contributed by atoms with Gasteiger partial charge in [0.2, 0.25) is 0 Å². The maximum atomic E-state index is 11.5. The fourth-order valence-electron chi connectivity index (χ4n) is 2.47. The van der Waals surface area contributed by atoms with E-state index in [1.807, 2.05) is 24.3 Å². The van der Waals surface area contributed by atoms with E-state index in [0.717, 1.165) is 29.7 Å². The molecule has 3 nitrogen and oxygen atoms in total. The number of hydrogen-bond donors (Lipinski definition) is 0. The van der Waals surface area contributed by atoms with Crippen LogP contribution < -0.4 is 4.74 Å². The highest BCUT2D eigenvalue weighted by atomic mass is 16.5. The molecule has 0 bridgehead atoms. The molecule has 0 radical (unpaired) electrons. The minimum atomic E-state index is -0.226. The molecule has 1 aromatic rings. The van der Waals surface area contributed by atoms with Crippen molar-refractivity contribution in [1.29, 1.82) is 0 Å². The summed E-state index contributed by atoms with van der Waals surface area (Å²) in [5.41, 5.74) is 2.11. The SMILES string of the molecule is CCCCCCC1=CC(=O)OC1c1ccc(OC)cc1. The Balaban J connectivity index is 2.01. The smallest absolute Gasteiger partial charge is 0.331 e. The van der Waals surface area contributed by atoms with E-state index in [-0.39, 0.29) is 12.1 Å². The molecule has 0 fully saturated rings. The van der Waals surface area contributed by atoms with Gasteiger partial charge in [0.05, 0.1) is 7.11 Å². The first-order chi connectivity index (χ1) is 9.74. The van der Waals surface area contributed by atoms with Crippen LogP contribution in [-0.4, -0.2) is 13.1 Å². The number of carbonyl (C=O) groups is 1. The van der Waals surface area contributed by atoms with Crippen LogP contribution in [0.4, 0.5) is 0 Å². The third kappa shape index (κ3) is 3.62. The van der Waals surface area contributed by atoms with Gasteiger partial charge in [0.15, 0.2) is 0 Å². The predicted octanol–water partition coefficient (Wildman–Crippen LogP) is 4.19. The number of ether oxygens (including phenoxy) is 2. The van der Waals surface area contributed by atoms with E-state index in [9.17, 15) is 4.79 Å². The van der Waals surface area contributed by atoms with Gasteiger partial charge in [0.25, 0.3) is 0 Å². The van der Waals surface area contributed by atoms with E-state index in [1.54, 1.807) is 13.2 Å². The maximum Gasteiger partial charge on any atom is 0.331 e. The molecule has 20 heavy (non-hydrogen) atoms. The van der Waals surface area contributed by atoms with Crippen LogP contribution in [0, 0.1) is 0 Å². The van der Waals surface area contributed by atoms with Crippen LogP contribution in [0.15, 0.2) is 35.9 Å². The van der Waals surface area contributed by atoms with Crippen molar-refractivity contribution in [3.05, 3.63) is 41.5 Å². The summed E-state index contributed by atoms with van der Waals surface area (Å²) in [5.74, 6) is 0.586. The van der Waals surface area contributed by atoms with Gasteiger partial charge < -0.3 is 9.47 Å². The number of esters is 1. The Hall–Kier alpha value is -1.77. The highest BCUT2D eigenvalue weighted by Gasteiger charge is 2.27. The predicted molar refractivity (Wildman–Crippen MR) is 78.7 cm³/mol. The second-order valence-corrected chi connectivity index (χ2v) is 5.12. The van der Waals surface area contributed by atoms with Gasteiger partial charge in [-0.25, -0.2) is 4.79 Å². The highest BCUT2D eigenvalue weighted by Crippen LogP contribution is 2.34. The lowest BCUT2D eigenvalue weighted by atomic mass is 9.97. The molecule has 1 aliphatic heterocycles. The minimum Gasteiger partial charge on any atom is -0.497 e.